The lowest BCUT2D eigenvalue weighted by Gasteiger charge is -2.27. The van der Waals surface area contributed by atoms with Crippen molar-refractivity contribution in [1.29, 1.82) is 0 Å². The molecule has 2 heterocycles. The molecule has 3 aromatic rings. The number of pyridine rings is 1. The molecule has 0 unspecified atom stereocenters. The first kappa shape index (κ1) is 22.0. The van der Waals surface area contributed by atoms with Crippen molar-refractivity contribution >= 4 is 34.4 Å². The summed E-state index contributed by atoms with van der Waals surface area (Å²) in [5.74, 6) is -2.88. The van der Waals surface area contributed by atoms with Crippen molar-refractivity contribution in [2.75, 3.05) is 31.2 Å². The molecular formula is C23H21N3O7. The first-order valence-electron chi connectivity index (χ1n) is 10.2. The number of rotatable bonds is 6. The van der Waals surface area contributed by atoms with E-state index in [9.17, 15) is 24.3 Å². The lowest BCUT2D eigenvalue weighted by atomic mass is 10.1. The van der Waals surface area contributed by atoms with Gasteiger partial charge in [0, 0.05) is 17.6 Å². The Morgan fingerprint density at radius 2 is 1.79 bits per heavy atom. The number of nitrogens with one attached hydrogen (secondary N) is 1. The van der Waals surface area contributed by atoms with E-state index in [0.29, 0.717) is 24.4 Å². The number of ether oxygens (including phenoxy) is 1. The number of nitrogens with zero attached hydrogens (tertiary/aromatic N) is 2. The molecule has 33 heavy (non-hydrogen) atoms. The predicted molar refractivity (Wildman–Crippen MR) is 119 cm³/mol. The van der Waals surface area contributed by atoms with Crippen LogP contribution in [0.1, 0.15) is 15.9 Å². The number of carbonyl (C=O) groups is 3. The van der Waals surface area contributed by atoms with E-state index in [0.717, 1.165) is 5.56 Å². The van der Waals surface area contributed by atoms with Crippen molar-refractivity contribution in [3.05, 3.63) is 70.0 Å². The summed E-state index contributed by atoms with van der Waals surface area (Å²) in [6, 6.07) is 13.7. The molecule has 0 radical (unpaired) electrons. The Balaban J connectivity index is 1.71. The van der Waals surface area contributed by atoms with Gasteiger partial charge in [0.15, 0.2) is 0 Å². The second-order valence-electron chi connectivity index (χ2n) is 7.47. The molecule has 1 aliphatic rings. The summed E-state index contributed by atoms with van der Waals surface area (Å²) in [5.41, 5.74) is 0.590. The Hall–Kier alpha value is -4.18. The number of hydrogen-bond acceptors (Lipinski definition) is 6. The molecule has 0 saturated carbocycles. The Morgan fingerprint density at radius 3 is 2.48 bits per heavy atom. The molecule has 0 bridgehead atoms. The number of hydrogen-bond donors (Lipinski definition) is 3. The average Bonchev–Trinajstić information content (AvgIpc) is 2.81. The van der Waals surface area contributed by atoms with Crippen LogP contribution in [0, 0.1) is 0 Å². The first-order valence-corrected chi connectivity index (χ1v) is 10.2. The number of aliphatic carboxylic acids is 1. The van der Waals surface area contributed by atoms with Gasteiger partial charge in [0.25, 0.3) is 17.4 Å². The maximum absolute atomic E-state index is 13.2. The molecule has 0 atom stereocenters. The van der Waals surface area contributed by atoms with Crippen molar-refractivity contribution in [1.82, 2.24) is 9.88 Å². The Kier molecular flexibility index (Phi) is 6.09. The minimum atomic E-state index is -1.28. The SMILES string of the molecule is O=C(O)CNC(=O)c1c(O)c2ccccc2n(Cc2ccc(N3CCOCC3=O)cc2)c1=O. The zero-order chi connectivity index (χ0) is 23.5. The van der Waals surface area contributed by atoms with Gasteiger partial charge in [0.05, 0.1) is 18.7 Å². The minimum absolute atomic E-state index is 0.0311. The Bertz CT molecular complexity index is 1300. The molecule has 10 nitrogen and oxygen atoms in total. The summed E-state index contributed by atoms with van der Waals surface area (Å²) in [5, 5.41) is 21.8. The van der Waals surface area contributed by atoms with Gasteiger partial charge in [-0.25, -0.2) is 0 Å². The summed E-state index contributed by atoms with van der Waals surface area (Å²) in [6.45, 7) is 0.343. The summed E-state index contributed by atoms with van der Waals surface area (Å²) >= 11 is 0. The van der Waals surface area contributed by atoms with Crippen molar-refractivity contribution < 1.29 is 29.3 Å². The van der Waals surface area contributed by atoms with Gasteiger partial charge in [-0.15, -0.1) is 0 Å². The molecular weight excluding hydrogens is 430 g/mol. The van der Waals surface area contributed by atoms with Crippen LogP contribution in [0.3, 0.4) is 0 Å². The number of carboxylic acids is 1. The van der Waals surface area contributed by atoms with Gasteiger partial charge in [-0.2, -0.15) is 0 Å². The van der Waals surface area contributed by atoms with E-state index in [1.54, 1.807) is 53.4 Å². The fourth-order valence-corrected chi connectivity index (χ4v) is 3.75. The highest BCUT2D eigenvalue weighted by molar-refractivity contribution is 6.03. The van der Waals surface area contributed by atoms with E-state index in [1.807, 2.05) is 0 Å². The number of aromatic nitrogens is 1. The molecule has 2 aromatic carbocycles. The second-order valence-corrected chi connectivity index (χ2v) is 7.47. The third-order valence-electron chi connectivity index (χ3n) is 5.35. The topological polar surface area (TPSA) is 138 Å². The largest absolute Gasteiger partial charge is 0.506 e. The van der Waals surface area contributed by atoms with Crippen molar-refractivity contribution in [2.45, 2.75) is 6.54 Å². The van der Waals surface area contributed by atoms with Crippen LogP contribution < -0.4 is 15.8 Å². The van der Waals surface area contributed by atoms with Crippen LogP contribution in [0.4, 0.5) is 5.69 Å². The molecule has 1 saturated heterocycles. The Morgan fingerprint density at radius 1 is 1.06 bits per heavy atom. The second kappa shape index (κ2) is 9.13. The highest BCUT2D eigenvalue weighted by atomic mass is 16.5. The molecule has 1 aliphatic heterocycles. The van der Waals surface area contributed by atoms with Gasteiger partial charge in [0.1, 0.15) is 24.5 Å². The number of benzene rings is 2. The third kappa shape index (κ3) is 4.41. The number of para-hydroxylation sites is 1. The summed E-state index contributed by atoms with van der Waals surface area (Å²) in [7, 11) is 0. The molecule has 170 valence electrons. The molecule has 1 aromatic heterocycles. The number of aromatic hydroxyl groups is 1. The van der Waals surface area contributed by atoms with Crippen LogP contribution in [-0.2, 0) is 20.9 Å². The zero-order valence-electron chi connectivity index (χ0n) is 17.5. The number of amides is 2. The number of fused-ring (bicyclic) bond motifs is 1. The number of carboxylic acid groups (broad SMARTS) is 1. The molecule has 0 aliphatic carbocycles. The Labute approximate surface area is 187 Å². The summed E-state index contributed by atoms with van der Waals surface area (Å²) < 4.78 is 6.49. The molecule has 0 spiro atoms. The average molecular weight is 451 g/mol. The quantitative estimate of drug-likeness (QED) is 0.507. The van der Waals surface area contributed by atoms with Crippen LogP contribution in [0.5, 0.6) is 5.75 Å². The summed E-state index contributed by atoms with van der Waals surface area (Å²) in [4.78, 5) is 50.1. The van der Waals surface area contributed by atoms with Gasteiger partial charge in [0.2, 0.25) is 0 Å². The van der Waals surface area contributed by atoms with Crippen LogP contribution in [0.25, 0.3) is 10.9 Å². The molecule has 1 fully saturated rings. The van der Waals surface area contributed by atoms with Crippen molar-refractivity contribution in [3.63, 3.8) is 0 Å². The zero-order valence-corrected chi connectivity index (χ0v) is 17.5. The first-order chi connectivity index (χ1) is 15.9. The van der Waals surface area contributed by atoms with E-state index < -0.39 is 35.3 Å². The number of anilines is 1. The van der Waals surface area contributed by atoms with Gasteiger partial charge >= 0.3 is 5.97 Å². The standard InChI is InChI=1S/C23H21N3O7/c27-18-13-33-10-9-25(18)15-7-5-14(6-8-15)12-26-17-4-2-1-3-16(17)21(30)20(23(26)32)22(31)24-11-19(28)29/h1-8,30H,9-13H2,(H,24,31)(H,28,29). The van der Waals surface area contributed by atoms with Crippen LogP contribution >= 0.6 is 0 Å². The highest BCUT2D eigenvalue weighted by Gasteiger charge is 2.23. The minimum Gasteiger partial charge on any atom is -0.506 e. The highest BCUT2D eigenvalue weighted by Crippen LogP contribution is 2.27. The normalized spacial score (nSPS) is 13.8. The number of morpholine rings is 1. The molecule has 4 rings (SSSR count). The summed E-state index contributed by atoms with van der Waals surface area (Å²) in [6.07, 6.45) is 0. The van der Waals surface area contributed by atoms with Gasteiger partial charge in [-0.05, 0) is 29.8 Å². The van der Waals surface area contributed by atoms with E-state index in [4.69, 9.17) is 9.84 Å². The van der Waals surface area contributed by atoms with Crippen LogP contribution in [0.2, 0.25) is 0 Å². The van der Waals surface area contributed by atoms with Crippen LogP contribution in [-0.4, -0.2) is 58.9 Å². The smallest absolute Gasteiger partial charge is 0.322 e. The molecule has 3 N–H and O–H groups in total. The van der Waals surface area contributed by atoms with E-state index in [-0.39, 0.29) is 24.4 Å². The van der Waals surface area contributed by atoms with Crippen LogP contribution in [0.15, 0.2) is 53.3 Å². The van der Waals surface area contributed by atoms with Gasteiger partial charge < -0.3 is 29.7 Å². The molecule has 10 heteroatoms. The van der Waals surface area contributed by atoms with Crippen molar-refractivity contribution in [2.24, 2.45) is 0 Å². The number of carbonyl (C=O) groups excluding carboxylic acids is 2. The monoisotopic (exact) mass is 451 g/mol. The van der Waals surface area contributed by atoms with E-state index >= 15 is 0 Å². The van der Waals surface area contributed by atoms with E-state index in [1.165, 1.54) is 4.57 Å². The fraction of sp³-hybridized carbons (Fsp3) is 0.217. The maximum Gasteiger partial charge on any atom is 0.322 e. The van der Waals surface area contributed by atoms with Gasteiger partial charge in [-0.3, -0.25) is 19.2 Å². The maximum atomic E-state index is 13.2. The van der Waals surface area contributed by atoms with Gasteiger partial charge in [-0.1, -0.05) is 24.3 Å². The lowest BCUT2D eigenvalue weighted by molar-refractivity contribution is -0.135. The third-order valence-corrected chi connectivity index (χ3v) is 5.35. The lowest BCUT2D eigenvalue weighted by Crippen LogP contribution is -2.41. The fourth-order valence-electron chi connectivity index (χ4n) is 3.75. The predicted octanol–water partition coefficient (Wildman–Crippen LogP) is 0.933. The molecule has 2 amide bonds. The van der Waals surface area contributed by atoms with Crippen molar-refractivity contribution in [3.8, 4) is 5.75 Å². The van der Waals surface area contributed by atoms with E-state index in [2.05, 4.69) is 5.32 Å².